The van der Waals surface area contributed by atoms with Crippen molar-refractivity contribution in [2.45, 2.75) is 44.2 Å². The Balaban J connectivity index is 1.88. The van der Waals surface area contributed by atoms with Crippen LogP contribution in [-0.4, -0.2) is 30.8 Å². The second-order valence-corrected chi connectivity index (χ2v) is 5.82. The number of methoxy groups -OCH3 is 1. The highest BCUT2D eigenvalue weighted by atomic mass is 16.5. The molecule has 4 nitrogen and oxygen atoms in total. The maximum atomic E-state index is 11.9. The Morgan fingerprint density at radius 2 is 2.00 bits per heavy atom. The van der Waals surface area contributed by atoms with Gasteiger partial charge in [-0.1, -0.05) is 56.0 Å². The van der Waals surface area contributed by atoms with Crippen LogP contribution in [0.5, 0.6) is 0 Å². The van der Waals surface area contributed by atoms with E-state index in [1.54, 1.807) is 0 Å². The molecule has 2 atom stereocenters. The van der Waals surface area contributed by atoms with E-state index in [1.807, 2.05) is 30.3 Å². The highest BCUT2D eigenvalue weighted by Crippen LogP contribution is 2.28. The number of hydrogen-bond donors (Lipinski definition) is 2. The fourth-order valence-electron chi connectivity index (χ4n) is 3.07. The fourth-order valence-corrected chi connectivity index (χ4v) is 3.07. The van der Waals surface area contributed by atoms with E-state index in [0.717, 1.165) is 12.0 Å². The maximum absolute atomic E-state index is 11.9. The van der Waals surface area contributed by atoms with Crippen LogP contribution in [0.1, 0.15) is 43.7 Å². The van der Waals surface area contributed by atoms with Crippen LogP contribution in [0.3, 0.4) is 0 Å². The molecule has 2 N–H and O–H groups in total. The third-order valence-corrected chi connectivity index (χ3v) is 4.21. The molecule has 1 aromatic rings. The van der Waals surface area contributed by atoms with E-state index in [0.29, 0.717) is 12.5 Å². The van der Waals surface area contributed by atoms with E-state index in [1.165, 1.54) is 32.8 Å². The number of carbonyl (C=O) groups excluding carboxylic acids is 1. The number of carbonyl (C=O) groups is 1. The molecule has 1 fully saturated rings. The average molecular weight is 291 g/mol. The summed E-state index contributed by atoms with van der Waals surface area (Å²) < 4.78 is 4.85. The van der Waals surface area contributed by atoms with E-state index in [-0.39, 0.29) is 5.97 Å². The van der Waals surface area contributed by atoms with Crippen LogP contribution in [0.4, 0.5) is 0 Å². The van der Waals surface area contributed by atoms with Crippen LogP contribution in [0.2, 0.25) is 0 Å². The molecule has 0 spiro atoms. The Hall–Kier alpha value is -1.39. The van der Waals surface area contributed by atoms with Gasteiger partial charge in [0.05, 0.1) is 13.2 Å². The number of aliphatic hydroxyl groups is 1. The summed E-state index contributed by atoms with van der Waals surface area (Å²) >= 11 is 0. The van der Waals surface area contributed by atoms with Crippen LogP contribution >= 0.6 is 0 Å². The predicted molar refractivity (Wildman–Crippen MR) is 81.8 cm³/mol. The lowest BCUT2D eigenvalue weighted by molar-refractivity contribution is -0.143. The van der Waals surface area contributed by atoms with Crippen LogP contribution in [0.15, 0.2) is 30.3 Å². The molecule has 0 bridgehead atoms. The van der Waals surface area contributed by atoms with Crippen molar-refractivity contribution in [3.8, 4) is 0 Å². The summed E-state index contributed by atoms with van der Waals surface area (Å²) in [6.07, 6.45) is 5.39. The number of esters is 1. The van der Waals surface area contributed by atoms with Gasteiger partial charge < -0.3 is 9.84 Å². The van der Waals surface area contributed by atoms with E-state index in [4.69, 9.17) is 4.74 Å². The standard InChI is InChI=1S/C17H25NO3/c1-21-17(20)16(14-9-3-2-4-10-14)18-12-15(19)11-13-7-5-6-8-13/h2-4,9-10,13,15-16,18-19H,5-8,11-12H2,1H3. The van der Waals surface area contributed by atoms with Gasteiger partial charge in [0.2, 0.25) is 0 Å². The van der Waals surface area contributed by atoms with E-state index in [9.17, 15) is 9.90 Å². The van der Waals surface area contributed by atoms with Crippen molar-refractivity contribution in [2.75, 3.05) is 13.7 Å². The Morgan fingerprint density at radius 3 is 2.62 bits per heavy atom. The van der Waals surface area contributed by atoms with Crippen molar-refractivity contribution < 1.29 is 14.6 Å². The van der Waals surface area contributed by atoms with Crippen molar-refractivity contribution >= 4 is 5.97 Å². The van der Waals surface area contributed by atoms with E-state index in [2.05, 4.69) is 5.32 Å². The van der Waals surface area contributed by atoms with Gasteiger partial charge >= 0.3 is 5.97 Å². The molecule has 0 aliphatic heterocycles. The van der Waals surface area contributed by atoms with Crippen LogP contribution < -0.4 is 5.32 Å². The van der Waals surface area contributed by atoms with Gasteiger partial charge in [-0.2, -0.15) is 0 Å². The lowest BCUT2D eigenvalue weighted by Crippen LogP contribution is -2.36. The van der Waals surface area contributed by atoms with Gasteiger partial charge in [-0.05, 0) is 17.9 Å². The minimum Gasteiger partial charge on any atom is -0.468 e. The molecule has 0 aromatic heterocycles. The lowest BCUT2D eigenvalue weighted by Gasteiger charge is -2.20. The number of benzene rings is 1. The summed E-state index contributed by atoms with van der Waals surface area (Å²) in [6.45, 7) is 0.408. The molecular weight excluding hydrogens is 266 g/mol. The minimum absolute atomic E-state index is 0.325. The Kier molecular flexibility index (Phi) is 6.21. The fraction of sp³-hybridized carbons (Fsp3) is 0.588. The van der Waals surface area contributed by atoms with Gasteiger partial charge in [0.15, 0.2) is 0 Å². The number of hydrogen-bond acceptors (Lipinski definition) is 4. The first-order chi connectivity index (χ1) is 10.2. The van der Waals surface area contributed by atoms with E-state index < -0.39 is 12.1 Å². The van der Waals surface area contributed by atoms with E-state index >= 15 is 0 Å². The first-order valence-corrected chi connectivity index (χ1v) is 7.75. The van der Waals surface area contributed by atoms with Crippen molar-refractivity contribution in [3.63, 3.8) is 0 Å². The summed E-state index contributed by atoms with van der Waals surface area (Å²) in [6, 6.07) is 8.95. The van der Waals surface area contributed by atoms with Gasteiger partial charge in [0, 0.05) is 6.54 Å². The second kappa shape index (κ2) is 8.15. The summed E-state index contributed by atoms with van der Waals surface area (Å²) in [5, 5.41) is 13.3. The third kappa shape index (κ3) is 4.83. The van der Waals surface area contributed by atoms with Gasteiger partial charge in [0.1, 0.15) is 6.04 Å². The molecule has 0 saturated heterocycles. The van der Waals surface area contributed by atoms with Gasteiger partial charge in [0.25, 0.3) is 0 Å². The molecule has 1 aliphatic carbocycles. The third-order valence-electron chi connectivity index (χ3n) is 4.21. The number of rotatable bonds is 7. The van der Waals surface area contributed by atoms with Crippen LogP contribution in [-0.2, 0) is 9.53 Å². The molecule has 1 saturated carbocycles. The molecule has 1 aliphatic rings. The zero-order chi connectivity index (χ0) is 15.1. The van der Waals surface area contributed by atoms with Gasteiger partial charge in [-0.15, -0.1) is 0 Å². The Morgan fingerprint density at radius 1 is 1.33 bits per heavy atom. The molecule has 4 heteroatoms. The summed E-state index contributed by atoms with van der Waals surface area (Å²) in [7, 11) is 1.38. The highest BCUT2D eigenvalue weighted by molar-refractivity contribution is 5.77. The predicted octanol–water partition coefficient (Wildman–Crippen LogP) is 2.43. The zero-order valence-electron chi connectivity index (χ0n) is 12.6. The average Bonchev–Trinajstić information content (AvgIpc) is 3.01. The largest absolute Gasteiger partial charge is 0.468 e. The molecule has 0 heterocycles. The Bertz CT molecular complexity index is 429. The smallest absolute Gasteiger partial charge is 0.327 e. The quantitative estimate of drug-likeness (QED) is 0.758. The first kappa shape index (κ1) is 16.0. The second-order valence-electron chi connectivity index (χ2n) is 5.82. The van der Waals surface area contributed by atoms with Gasteiger partial charge in [-0.3, -0.25) is 5.32 Å². The van der Waals surface area contributed by atoms with Crippen molar-refractivity contribution in [3.05, 3.63) is 35.9 Å². The lowest BCUT2D eigenvalue weighted by atomic mass is 9.99. The van der Waals surface area contributed by atoms with Crippen LogP contribution in [0, 0.1) is 5.92 Å². The first-order valence-electron chi connectivity index (χ1n) is 7.75. The molecule has 21 heavy (non-hydrogen) atoms. The number of aliphatic hydroxyl groups excluding tert-OH is 1. The zero-order valence-corrected chi connectivity index (χ0v) is 12.6. The molecule has 116 valence electrons. The normalized spacial score (nSPS) is 18.4. The Labute approximate surface area is 126 Å². The molecule has 0 amide bonds. The summed E-state index contributed by atoms with van der Waals surface area (Å²) in [4.78, 5) is 11.9. The van der Waals surface area contributed by atoms with Crippen molar-refractivity contribution in [2.24, 2.45) is 5.92 Å². The monoisotopic (exact) mass is 291 g/mol. The molecular formula is C17H25NO3. The van der Waals surface area contributed by atoms with Crippen molar-refractivity contribution in [1.29, 1.82) is 0 Å². The topological polar surface area (TPSA) is 58.6 Å². The SMILES string of the molecule is COC(=O)C(NCC(O)CC1CCCC1)c1ccccc1. The number of nitrogens with one attached hydrogen (secondary N) is 1. The number of ether oxygens (including phenoxy) is 1. The van der Waals surface area contributed by atoms with Crippen molar-refractivity contribution in [1.82, 2.24) is 5.32 Å². The van der Waals surface area contributed by atoms with Crippen LogP contribution in [0.25, 0.3) is 0 Å². The molecule has 2 rings (SSSR count). The molecule has 2 unspecified atom stereocenters. The minimum atomic E-state index is -0.519. The molecule has 1 aromatic carbocycles. The highest BCUT2D eigenvalue weighted by Gasteiger charge is 2.23. The van der Waals surface area contributed by atoms with Gasteiger partial charge in [-0.25, -0.2) is 4.79 Å². The maximum Gasteiger partial charge on any atom is 0.327 e. The summed E-state index contributed by atoms with van der Waals surface area (Å²) in [5.74, 6) is 0.310. The molecule has 0 radical (unpaired) electrons. The summed E-state index contributed by atoms with van der Waals surface area (Å²) in [5.41, 5.74) is 0.859.